The lowest BCUT2D eigenvalue weighted by Crippen LogP contribution is -1.94. The molecule has 4 aromatic heterocycles. The van der Waals surface area contributed by atoms with Gasteiger partial charge in [0.25, 0.3) is 0 Å². The van der Waals surface area contributed by atoms with Crippen molar-refractivity contribution >= 4 is 120 Å². The number of fused-ring (bicyclic) bond motifs is 18. The molecule has 0 radical (unpaired) electrons. The Morgan fingerprint density at radius 3 is 0.689 bits per heavy atom. The van der Waals surface area contributed by atoms with Crippen LogP contribution in [0.5, 0.6) is 0 Å². The maximum atomic E-state index is 2.44. The summed E-state index contributed by atoms with van der Waals surface area (Å²) in [5.41, 5.74) is 26.5. The van der Waals surface area contributed by atoms with Gasteiger partial charge in [0.05, 0.1) is 44.1 Å². The Morgan fingerprint density at radius 1 is 0.104 bits per heavy atom. The summed E-state index contributed by atoms with van der Waals surface area (Å²) in [6.45, 7) is 0. The molecule has 0 atom stereocenters. The SMILES string of the molecule is c1ccc(-c2cccc(-n3c4ccccc4c4cc(-c5ccc(-c6ccc7c(c6)c6ccccc6n7-c6ccccc6)cc5)ccc43)c2)cc1.c1ccc(-n2c3ccccc3c3cc(-c4ccc(-c5ccc6c(c5)c5ccccc5n6-c5ccc6c7ccccc7c7ccccc7c6c5)cc4)ccc32)cc1. The minimum atomic E-state index is 1.17. The van der Waals surface area contributed by atoms with Crippen LogP contribution in [0.25, 0.3) is 198 Å². The largest absolute Gasteiger partial charge is 0.309 e. The first-order valence-electron chi connectivity index (χ1n) is 36.5. The molecule has 18 aromatic carbocycles. The van der Waals surface area contributed by atoms with Gasteiger partial charge in [-0.25, -0.2) is 0 Å². The highest BCUT2D eigenvalue weighted by Gasteiger charge is 2.20. The average Bonchev–Trinajstić information content (AvgIpc) is 1.42. The molecule has 0 saturated heterocycles. The van der Waals surface area contributed by atoms with E-state index >= 15 is 0 Å². The molecule has 22 rings (SSSR count). The Morgan fingerprint density at radius 2 is 0.330 bits per heavy atom. The van der Waals surface area contributed by atoms with Gasteiger partial charge in [0, 0.05) is 65.8 Å². The summed E-state index contributed by atoms with van der Waals surface area (Å²) in [5, 5.41) is 17.8. The smallest absolute Gasteiger partial charge is 0.0541 e. The molecule has 494 valence electrons. The maximum Gasteiger partial charge on any atom is 0.0541 e. The lowest BCUT2D eigenvalue weighted by molar-refractivity contribution is 1.18. The molecule has 0 fully saturated rings. The molecule has 4 nitrogen and oxygen atoms in total. The Labute approximate surface area is 612 Å². The van der Waals surface area contributed by atoms with Gasteiger partial charge < -0.3 is 18.3 Å². The van der Waals surface area contributed by atoms with Gasteiger partial charge in [-0.05, 0) is 209 Å². The number of benzene rings is 18. The molecule has 0 saturated carbocycles. The van der Waals surface area contributed by atoms with E-state index in [1.165, 1.54) is 198 Å². The molecule has 22 aromatic rings. The number of hydrogen-bond acceptors (Lipinski definition) is 0. The van der Waals surface area contributed by atoms with Crippen molar-refractivity contribution in [3.8, 4) is 78.4 Å². The second-order valence-corrected chi connectivity index (χ2v) is 27.9. The van der Waals surface area contributed by atoms with E-state index in [1.54, 1.807) is 0 Å². The van der Waals surface area contributed by atoms with E-state index in [0.717, 1.165) is 0 Å². The lowest BCUT2D eigenvalue weighted by atomic mass is 9.94. The highest BCUT2D eigenvalue weighted by Crippen LogP contribution is 2.43. The fourth-order valence-electron chi connectivity index (χ4n) is 17.1. The number of aromatic nitrogens is 4. The standard InChI is InChI=1S/C54H34N2.C48H32N2/c1-2-12-39(13-3-1)55-51-20-10-8-18-46(51)49-32-37(26-30-53(49)55)35-22-24-36(25-23-35)38-27-31-54-50(33-38)47-19-9-11-21-52(47)56(54)40-28-29-45-43-16-5-4-14-41(43)42-15-6-7-17-44(42)48(45)34-40;1-3-12-33(13-4-1)36-14-11-17-40(30-36)50-46-21-10-8-19-42(46)44-32-38(27-29-48(44)50)35-24-22-34(23-25-35)37-26-28-47-43(31-37)41-18-7-9-20-45(41)49(47)39-15-5-2-6-16-39/h1-34H;1-32H. The van der Waals surface area contributed by atoms with Crippen LogP contribution in [0, 0.1) is 0 Å². The van der Waals surface area contributed by atoms with Crippen LogP contribution in [-0.4, -0.2) is 18.3 Å². The van der Waals surface area contributed by atoms with Crippen molar-refractivity contribution in [1.29, 1.82) is 0 Å². The first-order chi connectivity index (χ1) is 52.6. The van der Waals surface area contributed by atoms with Crippen molar-refractivity contribution < 1.29 is 0 Å². The maximum absolute atomic E-state index is 2.44. The van der Waals surface area contributed by atoms with E-state index < -0.39 is 0 Å². The van der Waals surface area contributed by atoms with E-state index in [4.69, 9.17) is 0 Å². The zero-order valence-electron chi connectivity index (χ0n) is 57.9. The van der Waals surface area contributed by atoms with E-state index in [-0.39, 0.29) is 0 Å². The molecule has 106 heavy (non-hydrogen) atoms. The average molecular weight is 1350 g/mol. The van der Waals surface area contributed by atoms with Gasteiger partial charge in [0.2, 0.25) is 0 Å². The Balaban J connectivity index is 0.000000137. The molecular formula is C102H66N4. The van der Waals surface area contributed by atoms with Crippen LogP contribution in [0.2, 0.25) is 0 Å². The van der Waals surface area contributed by atoms with Gasteiger partial charge in [-0.3, -0.25) is 0 Å². The molecule has 0 N–H and O–H groups in total. The minimum absolute atomic E-state index is 1.17. The first-order valence-corrected chi connectivity index (χ1v) is 36.5. The second kappa shape index (κ2) is 24.9. The van der Waals surface area contributed by atoms with E-state index in [9.17, 15) is 0 Å². The van der Waals surface area contributed by atoms with Crippen LogP contribution >= 0.6 is 0 Å². The predicted octanol–water partition coefficient (Wildman–Crippen LogP) is 27.6. The number of para-hydroxylation sites is 6. The second-order valence-electron chi connectivity index (χ2n) is 27.9. The third kappa shape index (κ3) is 9.98. The normalized spacial score (nSPS) is 11.8. The minimum Gasteiger partial charge on any atom is -0.309 e. The van der Waals surface area contributed by atoms with Crippen LogP contribution in [0.4, 0.5) is 0 Å². The van der Waals surface area contributed by atoms with Gasteiger partial charge in [-0.2, -0.15) is 0 Å². The summed E-state index contributed by atoms with van der Waals surface area (Å²) in [7, 11) is 0. The predicted molar refractivity (Wildman–Crippen MR) is 450 cm³/mol. The van der Waals surface area contributed by atoms with Crippen molar-refractivity contribution in [2.45, 2.75) is 0 Å². The summed E-state index contributed by atoms with van der Waals surface area (Å²) in [5.74, 6) is 0. The van der Waals surface area contributed by atoms with Crippen molar-refractivity contribution in [3.63, 3.8) is 0 Å². The van der Waals surface area contributed by atoms with E-state index in [2.05, 4.69) is 419 Å². The molecule has 4 heteroatoms. The molecule has 0 aliphatic heterocycles. The number of nitrogens with zero attached hydrogens (tertiary/aromatic N) is 4. The number of hydrogen-bond donors (Lipinski definition) is 0. The molecular weight excluding hydrogens is 1280 g/mol. The fourth-order valence-corrected chi connectivity index (χ4v) is 17.1. The van der Waals surface area contributed by atoms with Gasteiger partial charge in [-0.1, -0.05) is 279 Å². The molecule has 0 bridgehead atoms. The van der Waals surface area contributed by atoms with Crippen molar-refractivity contribution in [3.05, 3.63) is 400 Å². The topological polar surface area (TPSA) is 19.7 Å². The lowest BCUT2D eigenvalue weighted by Gasteiger charge is -2.14. The van der Waals surface area contributed by atoms with Gasteiger partial charge in [-0.15, -0.1) is 0 Å². The zero-order valence-corrected chi connectivity index (χ0v) is 57.9. The third-order valence-corrected chi connectivity index (χ3v) is 22.0. The van der Waals surface area contributed by atoms with Crippen LogP contribution in [-0.2, 0) is 0 Å². The van der Waals surface area contributed by atoms with Crippen molar-refractivity contribution in [2.24, 2.45) is 0 Å². The van der Waals surface area contributed by atoms with Crippen LogP contribution in [0.3, 0.4) is 0 Å². The quantitative estimate of drug-likeness (QED) is 0.128. The molecule has 0 spiro atoms. The Hall–Kier alpha value is -14.1. The third-order valence-electron chi connectivity index (χ3n) is 22.0. The van der Waals surface area contributed by atoms with Gasteiger partial charge >= 0.3 is 0 Å². The summed E-state index contributed by atoms with van der Waals surface area (Å²) in [6, 6.07) is 146. The summed E-state index contributed by atoms with van der Waals surface area (Å²) in [6.07, 6.45) is 0. The molecule has 4 heterocycles. The monoisotopic (exact) mass is 1350 g/mol. The first kappa shape index (κ1) is 60.7. The summed E-state index contributed by atoms with van der Waals surface area (Å²) in [4.78, 5) is 0. The highest BCUT2D eigenvalue weighted by atomic mass is 15.0. The molecule has 0 unspecified atom stereocenters. The molecule has 0 aliphatic carbocycles. The van der Waals surface area contributed by atoms with Gasteiger partial charge in [0.1, 0.15) is 0 Å². The zero-order chi connectivity index (χ0) is 69.8. The van der Waals surface area contributed by atoms with Crippen LogP contribution < -0.4 is 0 Å². The number of rotatable bonds is 9. The van der Waals surface area contributed by atoms with Crippen LogP contribution in [0.1, 0.15) is 0 Å². The molecule has 0 amide bonds. The fraction of sp³-hybridized carbons (Fsp3) is 0. The summed E-state index contributed by atoms with van der Waals surface area (Å²) < 4.78 is 9.57. The highest BCUT2D eigenvalue weighted by molar-refractivity contribution is 6.26. The van der Waals surface area contributed by atoms with E-state index in [1.807, 2.05) is 0 Å². The van der Waals surface area contributed by atoms with Crippen molar-refractivity contribution in [2.75, 3.05) is 0 Å². The van der Waals surface area contributed by atoms with Crippen molar-refractivity contribution in [1.82, 2.24) is 18.3 Å². The summed E-state index contributed by atoms with van der Waals surface area (Å²) >= 11 is 0. The Kier molecular flexibility index (Phi) is 14.2. The van der Waals surface area contributed by atoms with Crippen LogP contribution in [0.15, 0.2) is 400 Å². The van der Waals surface area contributed by atoms with Gasteiger partial charge in [0.15, 0.2) is 0 Å². The Bertz CT molecular complexity index is 7180. The molecule has 0 aliphatic rings. The van der Waals surface area contributed by atoms with E-state index in [0.29, 0.717) is 0 Å².